The number of carbonyl (C=O) groups is 3. The van der Waals surface area contributed by atoms with Crippen LogP contribution in [0.4, 0.5) is 5.69 Å². The summed E-state index contributed by atoms with van der Waals surface area (Å²) in [6.45, 7) is -0.215. The molecule has 2 unspecified atom stereocenters. The smallest absolute Gasteiger partial charge is 0.323 e. The highest BCUT2D eigenvalue weighted by atomic mass is 16.5. The van der Waals surface area contributed by atoms with Crippen molar-refractivity contribution in [2.24, 2.45) is 0 Å². The van der Waals surface area contributed by atoms with Crippen molar-refractivity contribution in [2.45, 2.75) is 18.6 Å². The van der Waals surface area contributed by atoms with Gasteiger partial charge < -0.3 is 14.7 Å². The third kappa shape index (κ3) is 3.12. The van der Waals surface area contributed by atoms with E-state index < -0.39 is 24.5 Å². The first kappa shape index (κ1) is 17.1. The molecule has 2 aliphatic heterocycles. The molecule has 2 heterocycles. The number of para-hydroxylation sites is 2. The number of carboxylic acid groups (broad SMARTS) is 1. The molecule has 0 aromatic heterocycles. The first-order chi connectivity index (χ1) is 13.0. The molecule has 2 aliphatic rings. The van der Waals surface area contributed by atoms with Crippen LogP contribution < -0.4 is 9.64 Å². The zero-order chi connectivity index (χ0) is 19.0. The van der Waals surface area contributed by atoms with Crippen LogP contribution in [0.3, 0.4) is 0 Å². The van der Waals surface area contributed by atoms with Crippen molar-refractivity contribution in [3.05, 3.63) is 60.2 Å². The Hall–Kier alpha value is -3.35. The monoisotopic (exact) mass is 366 g/mol. The van der Waals surface area contributed by atoms with Crippen LogP contribution >= 0.6 is 0 Å². The summed E-state index contributed by atoms with van der Waals surface area (Å²) in [4.78, 5) is 40.2. The molecule has 138 valence electrons. The minimum Gasteiger partial charge on any atom is -0.486 e. The van der Waals surface area contributed by atoms with E-state index in [-0.39, 0.29) is 18.6 Å². The van der Waals surface area contributed by atoms with Crippen molar-refractivity contribution in [3.8, 4) is 5.75 Å². The number of ether oxygens (including phenoxy) is 1. The molecule has 2 atom stereocenters. The predicted octanol–water partition coefficient (Wildman–Crippen LogP) is 1.78. The van der Waals surface area contributed by atoms with Crippen molar-refractivity contribution in [3.63, 3.8) is 0 Å². The van der Waals surface area contributed by atoms with Gasteiger partial charge in [-0.3, -0.25) is 19.3 Å². The van der Waals surface area contributed by atoms with Crippen molar-refractivity contribution in [1.29, 1.82) is 0 Å². The van der Waals surface area contributed by atoms with E-state index in [2.05, 4.69) is 0 Å². The van der Waals surface area contributed by atoms with Crippen LogP contribution in [0.15, 0.2) is 54.6 Å². The maximum atomic E-state index is 13.2. The molecule has 2 aromatic carbocycles. The summed E-state index contributed by atoms with van der Waals surface area (Å²) in [6, 6.07) is 14.8. The number of anilines is 1. The molecule has 2 aromatic rings. The summed E-state index contributed by atoms with van der Waals surface area (Å²) >= 11 is 0. The van der Waals surface area contributed by atoms with Crippen molar-refractivity contribution < 1.29 is 24.2 Å². The maximum Gasteiger partial charge on any atom is 0.323 e. The van der Waals surface area contributed by atoms with E-state index in [4.69, 9.17) is 4.74 Å². The van der Waals surface area contributed by atoms with E-state index in [9.17, 15) is 19.5 Å². The van der Waals surface area contributed by atoms with E-state index in [1.165, 1.54) is 9.80 Å². The minimum absolute atomic E-state index is 0.263. The lowest BCUT2D eigenvalue weighted by Gasteiger charge is -2.30. The third-order valence-corrected chi connectivity index (χ3v) is 4.84. The first-order valence-electron chi connectivity index (χ1n) is 8.69. The van der Waals surface area contributed by atoms with Gasteiger partial charge in [0.05, 0.1) is 12.2 Å². The molecule has 2 amide bonds. The molecular weight excluding hydrogens is 348 g/mol. The van der Waals surface area contributed by atoms with Crippen LogP contribution in [0, 0.1) is 0 Å². The van der Waals surface area contributed by atoms with Gasteiger partial charge in [-0.2, -0.15) is 0 Å². The van der Waals surface area contributed by atoms with Gasteiger partial charge in [0, 0.05) is 12.0 Å². The second-order valence-electron chi connectivity index (χ2n) is 6.60. The fourth-order valence-electron chi connectivity index (χ4n) is 3.64. The van der Waals surface area contributed by atoms with Crippen LogP contribution in [0.1, 0.15) is 16.8 Å². The van der Waals surface area contributed by atoms with E-state index in [1.807, 2.05) is 6.07 Å². The number of carbonyl (C=O) groups excluding carboxylic acids is 2. The summed E-state index contributed by atoms with van der Waals surface area (Å²) < 4.78 is 6.02. The number of likely N-dealkylation sites (tertiary alicyclic amines) is 1. The molecule has 0 spiro atoms. The zero-order valence-electron chi connectivity index (χ0n) is 14.4. The Morgan fingerprint density at radius 3 is 2.52 bits per heavy atom. The van der Waals surface area contributed by atoms with E-state index >= 15 is 0 Å². The van der Waals surface area contributed by atoms with Crippen LogP contribution in [-0.4, -0.2) is 53.0 Å². The molecule has 7 heteroatoms. The number of amides is 2. The Bertz CT molecular complexity index is 898. The van der Waals surface area contributed by atoms with Crippen molar-refractivity contribution in [2.75, 3.05) is 18.0 Å². The van der Waals surface area contributed by atoms with Gasteiger partial charge in [-0.15, -0.1) is 0 Å². The third-order valence-electron chi connectivity index (χ3n) is 4.84. The lowest BCUT2D eigenvalue weighted by molar-refractivity contribution is -0.137. The summed E-state index contributed by atoms with van der Waals surface area (Å²) in [7, 11) is 0. The summed E-state index contributed by atoms with van der Waals surface area (Å²) in [5.74, 6) is -1.35. The van der Waals surface area contributed by atoms with Gasteiger partial charge in [-0.05, 0) is 24.3 Å². The molecule has 0 saturated carbocycles. The number of rotatable bonds is 3. The fraction of sp³-hybridized carbons (Fsp3) is 0.250. The number of nitrogens with zero attached hydrogens (tertiary/aromatic N) is 2. The van der Waals surface area contributed by atoms with Gasteiger partial charge in [0.25, 0.3) is 11.8 Å². The Morgan fingerprint density at radius 1 is 1.07 bits per heavy atom. The molecule has 0 radical (unpaired) electrons. The van der Waals surface area contributed by atoms with Gasteiger partial charge in [-0.25, -0.2) is 0 Å². The second kappa shape index (κ2) is 6.75. The van der Waals surface area contributed by atoms with Gasteiger partial charge in [0.2, 0.25) is 0 Å². The second-order valence-corrected chi connectivity index (χ2v) is 6.60. The average Bonchev–Trinajstić information content (AvgIpc) is 3.10. The lowest BCUT2D eigenvalue weighted by Crippen LogP contribution is -2.49. The minimum atomic E-state index is -1.13. The van der Waals surface area contributed by atoms with Crippen LogP contribution in [-0.2, 0) is 9.59 Å². The molecule has 0 aliphatic carbocycles. The number of benzene rings is 2. The van der Waals surface area contributed by atoms with Gasteiger partial charge in [-0.1, -0.05) is 30.3 Å². The summed E-state index contributed by atoms with van der Waals surface area (Å²) in [5, 5.41) is 9.28. The van der Waals surface area contributed by atoms with Gasteiger partial charge >= 0.3 is 5.97 Å². The van der Waals surface area contributed by atoms with Crippen molar-refractivity contribution >= 4 is 23.5 Å². The molecule has 1 fully saturated rings. The first-order valence-corrected chi connectivity index (χ1v) is 8.69. The standard InChI is InChI=1S/C20H18N2O5/c23-18(24)12-22-15-8-4-5-9-17(15)27-14-10-16(20(22)26)21(11-14)19(25)13-6-2-1-3-7-13/h1-9,14,16H,10-12H2,(H,23,24). The lowest BCUT2D eigenvalue weighted by atomic mass is 10.1. The van der Waals surface area contributed by atoms with Crippen LogP contribution in [0.5, 0.6) is 5.75 Å². The molecule has 2 bridgehead atoms. The Labute approximate surface area is 155 Å². The topological polar surface area (TPSA) is 87.2 Å². The SMILES string of the molecule is O=C(O)CN1C(=O)C2CC(CN2C(=O)c2ccccc2)Oc2ccccc21. The normalized spacial score (nSPS) is 21.1. The van der Waals surface area contributed by atoms with Gasteiger partial charge in [0.1, 0.15) is 24.4 Å². The highest BCUT2D eigenvalue weighted by Gasteiger charge is 2.45. The molecular formula is C20H18N2O5. The highest BCUT2D eigenvalue weighted by Crippen LogP contribution is 2.36. The largest absolute Gasteiger partial charge is 0.486 e. The maximum absolute atomic E-state index is 13.2. The van der Waals surface area contributed by atoms with E-state index in [1.54, 1.807) is 48.5 Å². The molecule has 7 nitrogen and oxygen atoms in total. The van der Waals surface area contributed by atoms with Gasteiger partial charge in [0.15, 0.2) is 0 Å². The molecule has 27 heavy (non-hydrogen) atoms. The number of carboxylic acids is 1. The van der Waals surface area contributed by atoms with Crippen molar-refractivity contribution in [1.82, 2.24) is 4.90 Å². The fourth-order valence-corrected chi connectivity index (χ4v) is 3.64. The van der Waals surface area contributed by atoms with Crippen LogP contribution in [0.25, 0.3) is 0 Å². The number of hydrogen-bond donors (Lipinski definition) is 1. The zero-order valence-corrected chi connectivity index (χ0v) is 14.4. The quantitative estimate of drug-likeness (QED) is 0.895. The summed E-state index contributed by atoms with van der Waals surface area (Å²) in [6.07, 6.45) is 0.0155. The average molecular weight is 366 g/mol. The van der Waals surface area contributed by atoms with E-state index in [0.29, 0.717) is 23.4 Å². The Morgan fingerprint density at radius 2 is 1.78 bits per heavy atom. The predicted molar refractivity (Wildman–Crippen MR) is 96.7 cm³/mol. The Kier molecular flexibility index (Phi) is 4.27. The van der Waals surface area contributed by atoms with E-state index in [0.717, 1.165) is 0 Å². The molecule has 1 saturated heterocycles. The van der Waals surface area contributed by atoms with Crippen LogP contribution in [0.2, 0.25) is 0 Å². The number of hydrogen-bond acceptors (Lipinski definition) is 4. The number of aliphatic carboxylic acids is 1. The molecule has 1 N–H and O–H groups in total. The molecule has 4 rings (SSSR count). The Balaban J connectivity index is 1.72. The number of fused-ring (bicyclic) bond motifs is 3. The highest BCUT2D eigenvalue weighted by molar-refractivity contribution is 6.05. The summed E-state index contributed by atoms with van der Waals surface area (Å²) in [5.41, 5.74) is 0.895.